The third-order valence-corrected chi connectivity index (χ3v) is 4.73. The first-order valence-electron chi connectivity index (χ1n) is 7.30. The Morgan fingerprint density at radius 2 is 1.67 bits per heavy atom. The minimum atomic E-state index is -4.51. The summed E-state index contributed by atoms with van der Waals surface area (Å²) in [6.07, 6.45) is 5.36. The second kappa shape index (κ2) is 8.32. The smallest absolute Gasteiger partial charge is 0.341 e. The molecule has 120 valence electrons. The summed E-state index contributed by atoms with van der Waals surface area (Å²) in [5, 5.41) is 3.34. The van der Waals surface area contributed by atoms with Gasteiger partial charge in [0.25, 0.3) is 0 Å². The zero-order chi connectivity index (χ0) is 15.9. The monoisotopic (exact) mass is 319 g/mol. The lowest BCUT2D eigenvalue weighted by atomic mass is 10.0. The van der Waals surface area contributed by atoms with E-state index < -0.39 is 15.6 Å². The number of rotatable bonds is 9. The van der Waals surface area contributed by atoms with E-state index in [1.807, 2.05) is 0 Å². The van der Waals surface area contributed by atoms with Crippen LogP contribution in [0.5, 0.6) is 0 Å². The van der Waals surface area contributed by atoms with E-state index in [1.54, 1.807) is 12.1 Å². The van der Waals surface area contributed by atoms with Crippen LogP contribution in [0.15, 0.2) is 29.2 Å². The minimum absolute atomic E-state index is 0.326. The lowest BCUT2D eigenvalue weighted by Crippen LogP contribution is -2.19. The first kappa shape index (κ1) is 17.9. The molecule has 0 aliphatic carbocycles. The van der Waals surface area contributed by atoms with Crippen LogP contribution in [0.1, 0.15) is 46.0 Å². The van der Waals surface area contributed by atoms with Crippen molar-refractivity contribution in [2.24, 2.45) is 0 Å². The van der Waals surface area contributed by atoms with Crippen LogP contribution in [0, 0.1) is 0 Å². The van der Waals surface area contributed by atoms with E-state index in [1.165, 1.54) is 12.1 Å². The van der Waals surface area contributed by atoms with E-state index in [9.17, 15) is 17.2 Å². The Kier molecular flexibility index (Phi) is 7.08. The van der Waals surface area contributed by atoms with Gasteiger partial charge in [-0.1, -0.05) is 33.1 Å². The normalized spacial score (nSPS) is 13.4. The number of alkyl halides is 2. The lowest BCUT2D eigenvalue weighted by molar-refractivity contribution is 0.234. The number of hydrogen-bond acceptors (Lipinski definition) is 3. The van der Waals surface area contributed by atoms with Crippen molar-refractivity contribution >= 4 is 15.5 Å². The fourth-order valence-electron chi connectivity index (χ4n) is 2.17. The molecule has 0 saturated carbocycles. The van der Waals surface area contributed by atoms with Crippen molar-refractivity contribution in [1.29, 1.82) is 0 Å². The van der Waals surface area contributed by atoms with Crippen molar-refractivity contribution in [1.82, 2.24) is 0 Å². The van der Waals surface area contributed by atoms with Gasteiger partial charge in [-0.05, 0) is 37.1 Å². The molecule has 1 rings (SSSR count). The molecule has 0 radical (unpaired) electrons. The molecule has 0 amide bonds. The fourth-order valence-corrected chi connectivity index (χ4v) is 2.89. The maximum absolute atomic E-state index is 12.4. The average Bonchev–Trinajstić information content (AvgIpc) is 2.45. The number of hydrogen-bond donors (Lipinski definition) is 1. The molecule has 6 heteroatoms. The molecule has 1 aromatic carbocycles. The average molecular weight is 319 g/mol. The maximum Gasteiger partial charge on any atom is 0.341 e. The van der Waals surface area contributed by atoms with Crippen molar-refractivity contribution < 1.29 is 17.2 Å². The van der Waals surface area contributed by atoms with Crippen molar-refractivity contribution in [3.05, 3.63) is 24.3 Å². The van der Waals surface area contributed by atoms with Gasteiger partial charge in [0.1, 0.15) is 0 Å². The quantitative estimate of drug-likeness (QED) is 0.731. The highest BCUT2D eigenvalue weighted by Gasteiger charge is 2.26. The van der Waals surface area contributed by atoms with Gasteiger partial charge < -0.3 is 5.32 Å². The topological polar surface area (TPSA) is 46.2 Å². The standard InChI is InChI=1S/C15H23F2NO2S/c1-3-5-7-12(6-4-2)18-13-8-10-14(11-9-13)21(19,20)15(16)17/h8-12,15,18H,3-7H2,1-2H3. The molecule has 0 heterocycles. The Morgan fingerprint density at radius 3 is 2.14 bits per heavy atom. The number of unbranched alkanes of at least 4 members (excludes halogenated alkanes) is 1. The SMILES string of the molecule is CCCCC(CCC)Nc1ccc(S(=O)(=O)C(F)F)cc1. The maximum atomic E-state index is 12.4. The predicted molar refractivity (Wildman–Crippen MR) is 81.5 cm³/mol. The summed E-state index contributed by atoms with van der Waals surface area (Å²) in [6.45, 7) is 4.24. The second-order valence-corrected chi connectivity index (χ2v) is 7.02. The number of sulfone groups is 1. The van der Waals surface area contributed by atoms with E-state index in [4.69, 9.17) is 0 Å². The van der Waals surface area contributed by atoms with Gasteiger partial charge in [0.05, 0.1) is 4.90 Å². The molecule has 0 aliphatic heterocycles. The second-order valence-electron chi connectivity index (χ2n) is 5.10. The van der Waals surface area contributed by atoms with Crippen LogP contribution in [0.25, 0.3) is 0 Å². The summed E-state index contributed by atoms with van der Waals surface area (Å²) in [7, 11) is -4.51. The molecule has 0 aromatic heterocycles. The minimum Gasteiger partial charge on any atom is -0.382 e. The van der Waals surface area contributed by atoms with Crippen LogP contribution in [-0.4, -0.2) is 20.2 Å². The summed E-state index contributed by atoms with van der Waals surface area (Å²) in [5.41, 5.74) is 0.762. The molecule has 1 atom stereocenters. The van der Waals surface area contributed by atoms with Crippen LogP contribution >= 0.6 is 0 Å². The third kappa shape index (κ3) is 5.26. The van der Waals surface area contributed by atoms with Crippen molar-refractivity contribution in [2.45, 2.75) is 62.6 Å². The molecular weight excluding hydrogens is 296 g/mol. The van der Waals surface area contributed by atoms with Crippen LogP contribution in [0.3, 0.4) is 0 Å². The third-order valence-electron chi connectivity index (χ3n) is 3.33. The van der Waals surface area contributed by atoms with Gasteiger partial charge in [0.2, 0.25) is 9.84 Å². The lowest BCUT2D eigenvalue weighted by Gasteiger charge is -2.19. The molecule has 1 unspecified atom stereocenters. The molecule has 0 saturated heterocycles. The van der Waals surface area contributed by atoms with Gasteiger partial charge in [0.15, 0.2) is 0 Å². The van der Waals surface area contributed by atoms with Crippen LogP contribution in [0.4, 0.5) is 14.5 Å². The Labute approximate surface area is 125 Å². The van der Waals surface area contributed by atoms with Gasteiger partial charge in [-0.25, -0.2) is 8.42 Å². The molecule has 1 aromatic rings. The summed E-state index contributed by atoms with van der Waals surface area (Å²) < 4.78 is 47.6. The Bertz CT molecular complexity index is 515. The van der Waals surface area contributed by atoms with Gasteiger partial charge in [0, 0.05) is 11.7 Å². The van der Waals surface area contributed by atoms with Gasteiger partial charge in [-0.2, -0.15) is 8.78 Å². The van der Waals surface area contributed by atoms with Crippen LogP contribution < -0.4 is 5.32 Å². The van der Waals surface area contributed by atoms with E-state index in [2.05, 4.69) is 19.2 Å². The van der Waals surface area contributed by atoms with Crippen molar-refractivity contribution in [2.75, 3.05) is 5.32 Å². The zero-order valence-corrected chi connectivity index (χ0v) is 13.3. The molecule has 21 heavy (non-hydrogen) atoms. The molecule has 0 spiro atoms. The number of halogens is 2. The summed E-state index contributed by atoms with van der Waals surface area (Å²) in [4.78, 5) is -0.344. The van der Waals surface area contributed by atoms with Crippen LogP contribution in [-0.2, 0) is 9.84 Å². The van der Waals surface area contributed by atoms with Crippen molar-refractivity contribution in [3.63, 3.8) is 0 Å². The van der Waals surface area contributed by atoms with E-state index in [0.29, 0.717) is 6.04 Å². The van der Waals surface area contributed by atoms with E-state index >= 15 is 0 Å². The first-order chi connectivity index (χ1) is 9.91. The van der Waals surface area contributed by atoms with Gasteiger partial charge in [-0.3, -0.25) is 0 Å². The highest BCUT2D eigenvalue weighted by molar-refractivity contribution is 7.91. The first-order valence-corrected chi connectivity index (χ1v) is 8.85. The summed E-state index contributed by atoms with van der Waals surface area (Å²) in [5.74, 6) is -3.38. The Hall–Kier alpha value is -1.17. The van der Waals surface area contributed by atoms with E-state index in [0.717, 1.165) is 37.8 Å². The van der Waals surface area contributed by atoms with Crippen LogP contribution in [0.2, 0.25) is 0 Å². The molecular formula is C15H23F2NO2S. The largest absolute Gasteiger partial charge is 0.382 e. The fraction of sp³-hybridized carbons (Fsp3) is 0.600. The molecule has 0 aliphatic rings. The van der Waals surface area contributed by atoms with Gasteiger partial charge >= 0.3 is 5.76 Å². The molecule has 3 nitrogen and oxygen atoms in total. The summed E-state index contributed by atoms with van der Waals surface area (Å²) in [6, 6.07) is 5.88. The number of benzene rings is 1. The van der Waals surface area contributed by atoms with Gasteiger partial charge in [-0.15, -0.1) is 0 Å². The summed E-state index contributed by atoms with van der Waals surface area (Å²) >= 11 is 0. The highest BCUT2D eigenvalue weighted by Crippen LogP contribution is 2.21. The zero-order valence-electron chi connectivity index (χ0n) is 12.5. The van der Waals surface area contributed by atoms with E-state index in [-0.39, 0.29) is 4.90 Å². The molecule has 0 bridgehead atoms. The Morgan fingerprint density at radius 1 is 1.05 bits per heavy atom. The molecule has 0 fully saturated rings. The Balaban J connectivity index is 2.77. The highest BCUT2D eigenvalue weighted by atomic mass is 32.2. The molecule has 1 N–H and O–H groups in total. The number of anilines is 1. The number of nitrogens with one attached hydrogen (secondary N) is 1. The predicted octanol–water partition coefficient (Wildman–Crippen LogP) is 4.45. The van der Waals surface area contributed by atoms with Crippen molar-refractivity contribution in [3.8, 4) is 0 Å².